The van der Waals surface area contributed by atoms with Crippen LogP contribution in [-0.4, -0.2) is 33.6 Å². The molecule has 0 saturated carbocycles. The zero-order valence-electron chi connectivity index (χ0n) is 20.7. The van der Waals surface area contributed by atoms with Crippen molar-refractivity contribution in [1.82, 2.24) is 10.0 Å². The highest BCUT2D eigenvalue weighted by atomic mass is 19.4. The molecule has 0 unspecified atom stereocenters. The Morgan fingerprint density at radius 1 is 0.429 bits per heavy atom. The second-order valence-electron chi connectivity index (χ2n) is 9.34. The largest absolute Gasteiger partial charge is 0.416 e. The first-order chi connectivity index (χ1) is 19.8. The summed E-state index contributed by atoms with van der Waals surface area (Å²) in [6.07, 6.45) is -9.16. The van der Waals surface area contributed by atoms with Crippen molar-refractivity contribution < 1.29 is 45.5 Å². The Bertz CT molecular complexity index is 1630. The van der Waals surface area contributed by atoms with Crippen LogP contribution in [0.3, 0.4) is 0 Å². The van der Waals surface area contributed by atoms with E-state index in [-0.39, 0.29) is 44.4 Å². The Balaban J connectivity index is 1.33. The fourth-order valence-electron chi connectivity index (χ4n) is 4.80. The summed E-state index contributed by atoms with van der Waals surface area (Å²) in [7, 11) is 0. The van der Waals surface area contributed by atoms with Crippen molar-refractivity contribution >= 4 is 45.8 Å². The van der Waals surface area contributed by atoms with Crippen molar-refractivity contribution in [3.8, 4) is 0 Å². The topological polar surface area (TPSA) is 98.8 Å². The van der Waals surface area contributed by atoms with Crippen LogP contribution >= 0.6 is 0 Å². The molecule has 0 spiro atoms. The molecule has 2 aliphatic heterocycles. The van der Waals surface area contributed by atoms with E-state index < -0.39 is 47.1 Å². The van der Waals surface area contributed by atoms with Crippen LogP contribution in [-0.2, 0) is 12.4 Å². The van der Waals surface area contributed by atoms with Crippen LogP contribution in [0, 0.1) is 0 Å². The third kappa shape index (κ3) is 4.19. The monoisotopic (exact) mass is 584 g/mol. The van der Waals surface area contributed by atoms with Crippen LogP contribution in [0.15, 0.2) is 72.8 Å². The first-order valence-electron chi connectivity index (χ1n) is 12.0. The fraction of sp³-hybridized carbons (Fsp3) is 0.0714. The van der Waals surface area contributed by atoms with Gasteiger partial charge in [0.25, 0.3) is 23.6 Å². The zero-order valence-corrected chi connectivity index (χ0v) is 20.7. The summed E-state index contributed by atoms with van der Waals surface area (Å²) in [5, 5.41) is 1.32. The van der Waals surface area contributed by atoms with E-state index in [0.29, 0.717) is 10.0 Å². The van der Waals surface area contributed by atoms with E-state index >= 15 is 0 Å². The highest BCUT2D eigenvalue weighted by molar-refractivity contribution is 6.33. The number of carbonyl (C=O) groups excluding carboxylic acids is 4. The molecule has 212 valence electrons. The van der Waals surface area contributed by atoms with Gasteiger partial charge in [-0.15, -0.1) is 0 Å². The molecular formula is C28H14F6N4O4. The van der Waals surface area contributed by atoms with E-state index in [1.54, 1.807) is 0 Å². The molecule has 0 atom stereocenters. The second-order valence-corrected chi connectivity index (χ2v) is 9.34. The highest BCUT2D eigenvalue weighted by Gasteiger charge is 2.40. The quantitative estimate of drug-likeness (QED) is 0.222. The zero-order chi connectivity index (χ0) is 30.1. The van der Waals surface area contributed by atoms with Crippen molar-refractivity contribution in [2.24, 2.45) is 0 Å². The number of imide groups is 2. The van der Waals surface area contributed by atoms with Gasteiger partial charge < -0.3 is 0 Å². The van der Waals surface area contributed by atoms with Crippen LogP contribution in [0.1, 0.15) is 52.6 Å². The van der Waals surface area contributed by atoms with Gasteiger partial charge in [0.1, 0.15) is 0 Å². The van der Waals surface area contributed by atoms with E-state index in [1.165, 1.54) is 24.3 Å². The number of hydrogen-bond donors (Lipinski definition) is 2. The molecular weight excluding hydrogens is 570 g/mol. The van der Waals surface area contributed by atoms with Crippen molar-refractivity contribution in [3.63, 3.8) is 0 Å². The lowest BCUT2D eigenvalue weighted by Crippen LogP contribution is -2.46. The van der Waals surface area contributed by atoms with E-state index in [4.69, 9.17) is 0 Å². The van der Waals surface area contributed by atoms with Gasteiger partial charge in [0.15, 0.2) is 0 Å². The van der Waals surface area contributed by atoms with Crippen molar-refractivity contribution in [2.75, 3.05) is 10.9 Å². The molecule has 4 aromatic carbocycles. The summed E-state index contributed by atoms with van der Waals surface area (Å²) in [5.41, 5.74) is 3.02. The predicted octanol–water partition coefficient (Wildman–Crippen LogP) is 6.12. The Kier molecular flexibility index (Phi) is 5.78. The number of anilines is 2. The van der Waals surface area contributed by atoms with Gasteiger partial charge >= 0.3 is 12.4 Å². The fourth-order valence-corrected chi connectivity index (χ4v) is 4.80. The van der Waals surface area contributed by atoms with Gasteiger partial charge in [-0.25, -0.2) is 0 Å². The number of hydrogen-bond acceptors (Lipinski definition) is 6. The van der Waals surface area contributed by atoms with Gasteiger partial charge in [0, 0.05) is 10.8 Å². The summed E-state index contributed by atoms with van der Waals surface area (Å²) >= 11 is 0. The number of rotatable bonds is 4. The molecule has 2 aliphatic rings. The molecule has 0 saturated heterocycles. The number of nitrogens with one attached hydrogen (secondary N) is 2. The van der Waals surface area contributed by atoms with Crippen LogP contribution in [0.5, 0.6) is 0 Å². The third-order valence-electron chi connectivity index (χ3n) is 6.80. The maximum absolute atomic E-state index is 13.3. The molecule has 0 aromatic heterocycles. The first kappa shape index (κ1) is 26.8. The van der Waals surface area contributed by atoms with E-state index in [1.807, 2.05) is 0 Å². The molecule has 4 amide bonds. The Morgan fingerprint density at radius 3 is 0.929 bits per heavy atom. The summed E-state index contributed by atoms with van der Waals surface area (Å²) < 4.78 is 77.4. The van der Waals surface area contributed by atoms with E-state index in [2.05, 4.69) is 10.9 Å². The minimum Gasteiger partial charge on any atom is -0.288 e. The first-order valence-corrected chi connectivity index (χ1v) is 12.0. The smallest absolute Gasteiger partial charge is 0.288 e. The maximum Gasteiger partial charge on any atom is 0.416 e. The SMILES string of the molecule is O=C1c2ccc3c4c(ccc(c24)C(=O)N1Nc1ccc(C(F)(F)F)cc1)C(=O)N(Nc1ccc(C(F)(F)F)cc1)C3=O. The molecule has 8 nitrogen and oxygen atoms in total. The van der Waals surface area contributed by atoms with Gasteiger partial charge in [-0.2, -0.15) is 36.4 Å². The summed E-state index contributed by atoms with van der Waals surface area (Å²) in [5.74, 6) is -3.50. The number of alkyl halides is 6. The van der Waals surface area contributed by atoms with Crippen molar-refractivity contribution in [3.05, 3.63) is 106 Å². The highest BCUT2D eigenvalue weighted by Crippen LogP contribution is 2.38. The van der Waals surface area contributed by atoms with Crippen LogP contribution in [0.25, 0.3) is 10.8 Å². The molecule has 4 aromatic rings. The van der Waals surface area contributed by atoms with Crippen LogP contribution < -0.4 is 10.9 Å². The summed E-state index contributed by atoms with van der Waals surface area (Å²) in [6.45, 7) is 0. The lowest BCUT2D eigenvalue weighted by molar-refractivity contribution is -0.138. The number of hydrazine groups is 2. The maximum atomic E-state index is 13.3. The molecule has 2 N–H and O–H groups in total. The van der Waals surface area contributed by atoms with Crippen LogP contribution in [0.2, 0.25) is 0 Å². The molecule has 2 heterocycles. The Hall–Kier alpha value is -5.40. The van der Waals surface area contributed by atoms with Crippen LogP contribution in [0.4, 0.5) is 37.7 Å². The van der Waals surface area contributed by atoms with Gasteiger partial charge in [-0.1, -0.05) is 0 Å². The van der Waals surface area contributed by atoms with Gasteiger partial charge in [-0.3, -0.25) is 30.0 Å². The third-order valence-corrected chi connectivity index (χ3v) is 6.80. The predicted molar refractivity (Wildman–Crippen MR) is 135 cm³/mol. The summed E-state index contributed by atoms with van der Waals surface area (Å²) in [6, 6.07) is 12.4. The Labute approximate surface area is 231 Å². The summed E-state index contributed by atoms with van der Waals surface area (Å²) in [4.78, 5) is 53.3. The number of halogens is 6. The van der Waals surface area contributed by atoms with Gasteiger partial charge in [0.05, 0.1) is 44.8 Å². The lowest BCUT2D eigenvalue weighted by Gasteiger charge is -2.32. The molecule has 0 radical (unpaired) electrons. The molecule has 6 rings (SSSR count). The second kappa shape index (κ2) is 9.06. The van der Waals surface area contributed by atoms with Crippen molar-refractivity contribution in [1.29, 1.82) is 0 Å². The number of benzene rings is 4. The molecule has 14 heteroatoms. The number of carbonyl (C=O) groups is 4. The minimum atomic E-state index is -4.58. The number of nitrogens with zero attached hydrogens (tertiary/aromatic N) is 2. The normalized spacial score (nSPS) is 15.0. The molecule has 0 aliphatic carbocycles. The van der Waals surface area contributed by atoms with Gasteiger partial charge in [-0.05, 0) is 72.8 Å². The average Bonchev–Trinajstić information content (AvgIpc) is 2.94. The average molecular weight is 584 g/mol. The van der Waals surface area contributed by atoms with Crippen molar-refractivity contribution in [2.45, 2.75) is 12.4 Å². The standard InChI is InChI=1S/C28H14F6N4O4/c29-27(30,31)13-1-5-15(6-2-13)35-37-23(39)17-9-11-19-22-20(12-10-18(21(17)22)24(37)40)26(42)38(25(19)41)36-16-7-3-14(4-8-16)28(32,33)34/h1-12,35-36H. The molecule has 0 fully saturated rings. The molecule has 0 bridgehead atoms. The molecule has 42 heavy (non-hydrogen) atoms. The van der Waals surface area contributed by atoms with Gasteiger partial charge in [0.2, 0.25) is 0 Å². The minimum absolute atomic E-state index is 0.0223. The Morgan fingerprint density at radius 2 is 0.690 bits per heavy atom. The van der Waals surface area contributed by atoms with E-state index in [9.17, 15) is 45.5 Å². The van der Waals surface area contributed by atoms with E-state index in [0.717, 1.165) is 48.5 Å². The lowest BCUT2D eigenvalue weighted by atomic mass is 9.86. The number of amides is 4.